The molecule has 6 heterocycles. The van der Waals surface area contributed by atoms with Gasteiger partial charge in [-0.05, 0) is 82.8 Å². The third-order valence-corrected chi connectivity index (χ3v) is 13.7. The quantitative estimate of drug-likeness (QED) is 0.207. The number of anilines is 1. The second-order valence-corrected chi connectivity index (χ2v) is 19.1. The summed E-state index contributed by atoms with van der Waals surface area (Å²) < 4.78 is 14.3. The lowest BCUT2D eigenvalue weighted by Crippen LogP contribution is -2.67. The van der Waals surface area contributed by atoms with Crippen LogP contribution in [0, 0.1) is 17.3 Å². The number of hydrogen-bond donors (Lipinski definition) is 3. The minimum Gasteiger partial charge on any atom is -0.462 e. The summed E-state index contributed by atoms with van der Waals surface area (Å²) in [5.74, 6) is -1.36. The van der Waals surface area contributed by atoms with Gasteiger partial charge in [0.1, 0.15) is 6.04 Å². The number of aliphatic hydroxyl groups is 1. The number of thiazole rings is 1. The standard InChI is InChI=1S/C45H60N8O6S/c1-8-52-37-12-11-29-20-32(37)34(40(52)33-21-30(24-46-39(33)28(3)58-7)51-15-10-14-50(6)17-18-51)23-44(4,5)26-59-43(56)45(57)13-9-16-53(49-45)42(55)35(22-38-47-36(29)25-60-38)48-41(54)31-19-27(31)2/h11-12,20-21,24-25,27-28,31,35,49,57H,8-10,13-19,22-23,26H2,1-7H3,(H,48,54)/t27-,28-,31-,35-,45-/m0/s1. The van der Waals surface area contributed by atoms with Crippen molar-refractivity contribution in [3.8, 4) is 22.5 Å². The van der Waals surface area contributed by atoms with E-state index < -0.39 is 29.1 Å². The molecule has 4 aromatic rings. The molecule has 5 atom stereocenters. The van der Waals surface area contributed by atoms with Crippen LogP contribution in [0.3, 0.4) is 0 Å². The van der Waals surface area contributed by atoms with Crippen molar-refractivity contribution in [1.29, 1.82) is 0 Å². The topological polar surface area (TPSA) is 154 Å². The Morgan fingerprint density at radius 3 is 2.70 bits per heavy atom. The zero-order chi connectivity index (χ0) is 42.5. The maximum Gasteiger partial charge on any atom is 0.355 e. The number of methoxy groups -OCH3 is 1. The molecule has 0 spiro atoms. The van der Waals surface area contributed by atoms with Gasteiger partial charge in [0.2, 0.25) is 11.6 Å². The Labute approximate surface area is 356 Å². The van der Waals surface area contributed by atoms with Crippen molar-refractivity contribution in [1.82, 2.24) is 35.2 Å². The van der Waals surface area contributed by atoms with Crippen LogP contribution in [0.4, 0.5) is 5.69 Å². The number of carbonyl (C=O) groups excluding carboxylic acids is 3. The highest BCUT2D eigenvalue weighted by atomic mass is 32.1. The monoisotopic (exact) mass is 840 g/mol. The number of nitrogens with one attached hydrogen (secondary N) is 2. The van der Waals surface area contributed by atoms with Crippen LogP contribution in [0.5, 0.6) is 0 Å². The van der Waals surface area contributed by atoms with E-state index in [1.807, 2.05) is 25.4 Å². The van der Waals surface area contributed by atoms with Crippen LogP contribution in [0.1, 0.15) is 82.7 Å². The van der Waals surface area contributed by atoms with E-state index in [4.69, 9.17) is 19.4 Å². The van der Waals surface area contributed by atoms with E-state index >= 15 is 0 Å². The summed E-state index contributed by atoms with van der Waals surface area (Å²) in [4.78, 5) is 56.3. The molecule has 4 aliphatic rings. The summed E-state index contributed by atoms with van der Waals surface area (Å²) in [6.45, 7) is 15.1. The minimum atomic E-state index is -2.12. The molecule has 2 amide bonds. The number of cyclic esters (lactones) is 1. The van der Waals surface area contributed by atoms with E-state index in [0.717, 1.165) is 89.4 Å². The SMILES string of the molecule is CCn1c(-c2cc(N3CCCN(C)CC3)cnc2[C@H](C)OC)c2c3cc(ccc31)-c1csc(n1)C[C@H](NC(=O)[C@H]1C[C@@H]1C)C(=O)N1CCC[C@@](O)(N1)C(=O)OCC(C)(C)C2. The zero-order valence-corrected chi connectivity index (χ0v) is 36.9. The van der Waals surface area contributed by atoms with Gasteiger partial charge in [0, 0.05) is 91.4 Å². The second-order valence-electron chi connectivity index (χ2n) is 18.1. The highest BCUT2D eigenvalue weighted by molar-refractivity contribution is 7.10. The van der Waals surface area contributed by atoms with Crippen molar-refractivity contribution >= 4 is 45.7 Å². The number of fused-ring (bicyclic) bond motifs is 6. The maximum absolute atomic E-state index is 14.2. The number of likely N-dealkylation sites (N-methyl/N-ethyl adjacent to an activating group) is 1. The summed E-state index contributed by atoms with van der Waals surface area (Å²) in [5.41, 5.74) is 7.91. The first-order chi connectivity index (χ1) is 28.7. The number of hydrazine groups is 1. The molecule has 1 aliphatic carbocycles. The largest absolute Gasteiger partial charge is 0.462 e. The van der Waals surface area contributed by atoms with Crippen molar-refractivity contribution in [2.75, 3.05) is 58.4 Å². The second kappa shape index (κ2) is 16.8. The molecule has 3 N–H and O–H groups in total. The molecule has 0 radical (unpaired) electrons. The van der Waals surface area contributed by atoms with Gasteiger partial charge < -0.3 is 34.3 Å². The smallest absolute Gasteiger partial charge is 0.355 e. The number of rotatable bonds is 7. The molecular weight excluding hydrogens is 781 g/mol. The Bertz CT molecular complexity index is 2270. The number of hydrogen-bond acceptors (Lipinski definition) is 12. The van der Waals surface area contributed by atoms with Crippen LogP contribution < -0.4 is 15.6 Å². The molecule has 2 saturated heterocycles. The first-order valence-electron chi connectivity index (χ1n) is 21.5. The van der Waals surface area contributed by atoms with Gasteiger partial charge in [-0.2, -0.15) is 5.43 Å². The average Bonchev–Trinajstić information content (AvgIpc) is 3.76. The molecule has 6 bridgehead atoms. The minimum absolute atomic E-state index is 0.0102. The van der Waals surface area contributed by atoms with E-state index in [2.05, 4.69) is 77.2 Å². The number of esters is 1. The molecule has 1 aromatic carbocycles. The van der Waals surface area contributed by atoms with Crippen LogP contribution in [0.25, 0.3) is 33.4 Å². The van der Waals surface area contributed by atoms with Crippen LogP contribution in [0.15, 0.2) is 35.8 Å². The Morgan fingerprint density at radius 2 is 1.95 bits per heavy atom. The number of ether oxygens (including phenoxy) is 2. The summed E-state index contributed by atoms with van der Waals surface area (Å²) >= 11 is 1.44. The number of benzene rings is 1. The van der Waals surface area contributed by atoms with Crippen molar-refractivity contribution < 1.29 is 29.0 Å². The molecule has 15 heteroatoms. The van der Waals surface area contributed by atoms with Gasteiger partial charge in [-0.3, -0.25) is 19.6 Å². The molecule has 3 aliphatic heterocycles. The fourth-order valence-electron chi connectivity index (χ4n) is 9.08. The number of pyridine rings is 1. The van der Waals surface area contributed by atoms with E-state index in [9.17, 15) is 19.5 Å². The summed E-state index contributed by atoms with van der Waals surface area (Å²) in [6, 6.07) is 7.79. The molecule has 322 valence electrons. The zero-order valence-electron chi connectivity index (χ0n) is 36.0. The molecule has 8 rings (SSSR count). The van der Waals surface area contributed by atoms with Gasteiger partial charge in [-0.25, -0.2) is 9.78 Å². The summed E-state index contributed by atoms with van der Waals surface area (Å²) in [5, 5.41) is 19.7. The Morgan fingerprint density at radius 1 is 1.15 bits per heavy atom. The van der Waals surface area contributed by atoms with E-state index in [1.54, 1.807) is 7.11 Å². The molecular formula is C45H60N8O6S. The predicted octanol–water partition coefficient (Wildman–Crippen LogP) is 5.32. The molecule has 0 unspecified atom stereocenters. The first kappa shape index (κ1) is 42.3. The van der Waals surface area contributed by atoms with Crippen LogP contribution in [-0.4, -0.2) is 113 Å². The molecule has 3 aromatic heterocycles. The number of aryl methyl sites for hydroxylation is 1. The van der Waals surface area contributed by atoms with Crippen LogP contribution >= 0.6 is 11.3 Å². The third-order valence-electron chi connectivity index (χ3n) is 12.8. The average molecular weight is 841 g/mol. The number of amides is 2. The first-order valence-corrected chi connectivity index (χ1v) is 22.4. The summed E-state index contributed by atoms with van der Waals surface area (Å²) in [6.07, 6.45) is 4.65. The lowest BCUT2D eigenvalue weighted by Gasteiger charge is -2.40. The lowest BCUT2D eigenvalue weighted by atomic mass is 9.84. The number of nitrogens with zero attached hydrogens (tertiary/aromatic N) is 6. The van der Waals surface area contributed by atoms with Gasteiger partial charge in [-0.1, -0.05) is 26.8 Å². The Balaban J connectivity index is 1.27. The van der Waals surface area contributed by atoms with E-state index in [1.165, 1.54) is 16.3 Å². The maximum atomic E-state index is 14.2. The van der Waals surface area contributed by atoms with Crippen molar-refractivity contribution in [3.05, 3.63) is 52.1 Å². The van der Waals surface area contributed by atoms with E-state index in [-0.39, 0.29) is 49.8 Å². The van der Waals surface area contributed by atoms with E-state index in [0.29, 0.717) is 24.4 Å². The van der Waals surface area contributed by atoms with Crippen LogP contribution in [-0.2, 0) is 43.2 Å². The normalized spacial score (nSPS) is 25.7. The van der Waals surface area contributed by atoms with Gasteiger partial charge in [0.25, 0.3) is 5.91 Å². The van der Waals surface area contributed by atoms with Crippen molar-refractivity contribution in [2.45, 2.75) is 97.6 Å². The highest BCUT2D eigenvalue weighted by Crippen LogP contribution is 2.43. The van der Waals surface area contributed by atoms with Crippen molar-refractivity contribution in [2.24, 2.45) is 17.3 Å². The van der Waals surface area contributed by atoms with Crippen molar-refractivity contribution in [3.63, 3.8) is 0 Å². The lowest BCUT2D eigenvalue weighted by molar-refractivity contribution is -0.189. The van der Waals surface area contributed by atoms with Gasteiger partial charge in [0.15, 0.2) is 0 Å². The molecule has 3 fully saturated rings. The number of carbonyl (C=O) groups is 3. The molecule has 1 saturated carbocycles. The molecule has 14 nitrogen and oxygen atoms in total. The van der Waals surface area contributed by atoms with Crippen LogP contribution in [0.2, 0.25) is 0 Å². The number of aromatic nitrogens is 3. The fourth-order valence-corrected chi connectivity index (χ4v) is 9.93. The van der Waals surface area contributed by atoms with Gasteiger partial charge >= 0.3 is 5.97 Å². The predicted molar refractivity (Wildman–Crippen MR) is 232 cm³/mol. The highest BCUT2D eigenvalue weighted by Gasteiger charge is 2.46. The van der Waals surface area contributed by atoms with Gasteiger partial charge in [-0.15, -0.1) is 11.3 Å². The summed E-state index contributed by atoms with van der Waals surface area (Å²) in [7, 11) is 3.88. The molecule has 60 heavy (non-hydrogen) atoms. The fraction of sp³-hybridized carbons (Fsp3) is 0.578. The Kier molecular flexibility index (Phi) is 11.8. The Hall–Kier alpha value is -4.41. The third kappa shape index (κ3) is 8.43. The van der Waals surface area contributed by atoms with Gasteiger partial charge in [0.05, 0.1) is 46.7 Å².